The van der Waals surface area contributed by atoms with Gasteiger partial charge in [0.2, 0.25) is 0 Å². The normalized spacial score (nSPS) is 17.8. The molecule has 2 rings (SSSR count). The van der Waals surface area contributed by atoms with Crippen LogP contribution >= 0.6 is 0 Å². The number of rotatable bonds is 0. The summed E-state index contributed by atoms with van der Waals surface area (Å²) in [5.41, 5.74) is 14.7. The third-order valence-corrected chi connectivity index (χ3v) is 2.57. The van der Waals surface area contributed by atoms with Gasteiger partial charge in [-0.3, -0.25) is 0 Å². The minimum Gasteiger partial charge on any atom is -0.0676 e. The zero-order chi connectivity index (χ0) is 9.59. The van der Waals surface area contributed by atoms with Crippen molar-refractivity contribution in [3.63, 3.8) is 0 Å². The Morgan fingerprint density at radius 2 is 1.23 bits per heavy atom. The summed E-state index contributed by atoms with van der Waals surface area (Å²) in [6.45, 7) is 8.70. The standard InChI is InChI=1S/C13H14/c1-8(2)12-10-5-6-11(7-10)13(12)9(3)4/h7H2,1-4H3. The number of allylic oxidation sites excluding steroid dienone is 6. The Morgan fingerprint density at radius 3 is 1.54 bits per heavy atom. The Kier molecular flexibility index (Phi) is 1.70. The van der Waals surface area contributed by atoms with Crippen LogP contribution in [0.4, 0.5) is 0 Å². The van der Waals surface area contributed by atoms with Gasteiger partial charge in [0.25, 0.3) is 0 Å². The van der Waals surface area contributed by atoms with E-state index < -0.39 is 0 Å². The van der Waals surface area contributed by atoms with E-state index in [0.29, 0.717) is 0 Å². The molecule has 0 aromatic rings. The summed E-state index contributed by atoms with van der Waals surface area (Å²) in [5.74, 6) is 0. The van der Waals surface area contributed by atoms with Crippen LogP contribution < -0.4 is 0 Å². The molecule has 0 unspecified atom stereocenters. The lowest BCUT2D eigenvalue weighted by molar-refractivity contribution is 1.25. The van der Waals surface area contributed by atoms with Crippen molar-refractivity contribution < 1.29 is 0 Å². The molecule has 1 fully saturated rings. The van der Waals surface area contributed by atoms with Gasteiger partial charge in [-0.15, -0.1) is 0 Å². The van der Waals surface area contributed by atoms with Gasteiger partial charge in [0.15, 0.2) is 0 Å². The molecule has 0 heteroatoms. The van der Waals surface area contributed by atoms with E-state index in [2.05, 4.69) is 39.2 Å². The Labute approximate surface area is 79.7 Å². The topological polar surface area (TPSA) is 0 Å². The molecule has 2 aliphatic carbocycles. The Morgan fingerprint density at radius 1 is 0.846 bits per heavy atom. The number of hydrogen-bond donors (Lipinski definition) is 0. The van der Waals surface area contributed by atoms with E-state index in [9.17, 15) is 0 Å². The quantitative estimate of drug-likeness (QED) is 0.486. The van der Waals surface area contributed by atoms with Gasteiger partial charge in [0.1, 0.15) is 0 Å². The van der Waals surface area contributed by atoms with Crippen molar-refractivity contribution in [2.75, 3.05) is 0 Å². The van der Waals surface area contributed by atoms with Gasteiger partial charge in [-0.05, 0) is 38.8 Å². The van der Waals surface area contributed by atoms with E-state index in [4.69, 9.17) is 0 Å². The summed E-state index contributed by atoms with van der Waals surface area (Å²) >= 11 is 0. The molecule has 0 aromatic carbocycles. The Bertz CT molecular complexity index is 390. The van der Waals surface area contributed by atoms with E-state index in [1.54, 1.807) is 0 Å². The maximum absolute atomic E-state index is 3.21. The van der Waals surface area contributed by atoms with Crippen LogP contribution in [0, 0.1) is 0 Å². The van der Waals surface area contributed by atoms with E-state index >= 15 is 0 Å². The van der Waals surface area contributed by atoms with E-state index in [1.807, 2.05) is 0 Å². The average molecular weight is 170 g/mol. The lowest BCUT2D eigenvalue weighted by Crippen LogP contribution is -1.90. The molecule has 0 radical (unpaired) electrons. The van der Waals surface area contributed by atoms with Crippen LogP contribution in [0.5, 0.6) is 0 Å². The molecule has 2 aliphatic rings. The van der Waals surface area contributed by atoms with E-state index in [0.717, 1.165) is 6.42 Å². The van der Waals surface area contributed by atoms with Gasteiger partial charge in [-0.25, -0.2) is 0 Å². The zero-order valence-corrected chi connectivity index (χ0v) is 8.71. The van der Waals surface area contributed by atoms with Crippen LogP contribution in [-0.4, -0.2) is 0 Å². The summed E-state index contributed by atoms with van der Waals surface area (Å²) in [6.07, 6.45) is 1.06. The highest BCUT2D eigenvalue weighted by Gasteiger charge is 2.28. The van der Waals surface area contributed by atoms with Crippen LogP contribution in [0.2, 0.25) is 0 Å². The third kappa shape index (κ3) is 1.08. The van der Waals surface area contributed by atoms with Crippen LogP contribution in [0.15, 0.2) is 44.9 Å². The Balaban J connectivity index is 2.74. The molecule has 66 valence electrons. The summed E-state index contributed by atoms with van der Waals surface area (Å²) in [7, 11) is 0. The van der Waals surface area contributed by atoms with Crippen molar-refractivity contribution in [1.82, 2.24) is 0 Å². The predicted octanol–water partition coefficient (Wildman–Crippen LogP) is 3.68. The fourth-order valence-corrected chi connectivity index (χ4v) is 2.12. The molecule has 0 atom stereocenters. The summed E-state index contributed by atoms with van der Waals surface area (Å²) in [5, 5.41) is 0. The summed E-state index contributed by atoms with van der Waals surface area (Å²) in [6, 6.07) is 0. The first kappa shape index (κ1) is 8.38. The minimum atomic E-state index is 1.06. The highest BCUT2D eigenvalue weighted by Crippen LogP contribution is 2.44. The lowest BCUT2D eigenvalue weighted by Gasteiger charge is -2.08. The molecular weight excluding hydrogens is 156 g/mol. The van der Waals surface area contributed by atoms with Crippen molar-refractivity contribution in [3.05, 3.63) is 44.9 Å². The highest BCUT2D eigenvalue weighted by atomic mass is 14.3. The predicted molar refractivity (Wildman–Crippen MR) is 55.4 cm³/mol. The first-order valence-corrected chi connectivity index (χ1v) is 4.71. The molecule has 1 saturated carbocycles. The van der Waals surface area contributed by atoms with Crippen molar-refractivity contribution in [2.45, 2.75) is 34.1 Å². The molecule has 0 heterocycles. The van der Waals surface area contributed by atoms with Crippen LogP contribution in [0.3, 0.4) is 0 Å². The number of fused-ring (bicyclic) bond motifs is 2. The molecule has 0 nitrogen and oxygen atoms in total. The van der Waals surface area contributed by atoms with Gasteiger partial charge in [0.05, 0.1) is 0 Å². The van der Waals surface area contributed by atoms with Gasteiger partial charge in [-0.2, -0.15) is 0 Å². The third-order valence-electron chi connectivity index (χ3n) is 2.57. The van der Waals surface area contributed by atoms with Crippen LogP contribution in [0.1, 0.15) is 34.1 Å². The second kappa shape index (κ2) is 2.64. The van der Waals surface area contributed by atoms with Crippen LogP contribution in [0.25, 0.3) is 0 Å². The second-order valence-electron chi connectivity index (χ2n) is 4.13. The van der Waals surface area contributed by atoms with Crippen molar-refractivity contribution >= 4 is 0 Å². The fourth-order valence-electron chi connectivity index (χ4n) is 2.12. The first-order valence-electron chi connectivity index (χ1n) is 4.71. The highest BCUT2D eigenvalue weighted by molar-refractivity contribution is 5.68. The molecule has 0 spiro atoms. The van der Waals surface area contributed by atoms with Gasteiger partial charge in [-0.1, -0.05) is 22.6 Å². The van der Waals surface area contributed by atoms with Gasteiger partial charge < -0.3 is 0 Å². The molecule has 0 N–H and O–H groups in total. The summed E-state index contributed by atoms with van der Waals surface area (Å²) < 4.78 is 0. The molecule has 0 aliphatic heterocycles. The van der Waals surface area contributed by atoms with Crippen molar-refractivity contribution in [3.8, 4) is 0 Å². The Hall–Kier alpha value is -1.22. The molecule has 0 amide bonds. The second-order valence-corrected chi connectivity index (χ2v) is 4.13. The molecular formula is C13H14. The zero-order valence-electron chi connectivity index (χ0n) is 8.71. The fraction of sp³-hybridized carbons (Fsp3) is 0.385. The molecule has 2 bridgehead atoms. The molecule has 0 aromatic heterocycles. The van der Waals surface area contributed by atoms with E-state index in [-0.39, 0.29) is 0 Å². The van der Waals surface area contributed by atoms with Gasteiger partial charge in [0, 0.05) is 17.6 Å². The largest absolute Gasteiger partial charge is 0.0676 e. The average Bonchev–Trinajstić information content (AvgIpc) is 2.60. The maximum Gasteiger partial charge on any atom is 0.0153 e. The first-order chi connectivity index (χ1) is 6.11. The van der Waals surface area contributed by atoms with E-state index in [1.165, 1.54) is 33.4 Å². The monoisotopic (exact) mass is 170 g/mol. The van der Waals surface area contributed by atoms with Crippen molar-refractivity contribution in [1.29, 1.82) is 0 Å². The SMILES string of the molecule is CC(C)=C1C2=C=C=C(C2)C1=C(C)C. The smallest absolute Gasteiger partial charge is 0.0153 e. The molecule has 13 heavy (non-hydrogen) atoms. The summed E-state index contributed by atoms with van der Waals surface area (Å²) in [4.78, 5) is 0. The minimum absolute atomic E-state index is 1.06. The van der Waals surface area contributed by atoms with Crippen molar-refractivity contribution in [2.24, 2.45) is 0 Å². The molecule has 0 saturated heterocycles. The number of hydrogen-bond acceptors (Lipinski definition) is 0. The van der Waals surface area contributed by atoms with Gasteiger partial charge >= 0.3 is 0 Å². The lowest BCUT2D eigenvalue weighted by atomic mass is 9.96. The van der Waals surface area contributed by atoms with Crippen LogP contribution in [-0.2, 0) is 0 Å². The maximum atomic E-state index is 3.21.